The van der Waals surface area contributed by atoms with Crippen molar-refractivity contribution in [2.75, 3.05) is 26.9 Å². The summed E-state index contributed by atoms with van der Waals surface area (Å²) in [5.74, 6) is -1.20. The molecule has 0 spiro atoms. The van der Waals surface area contributed by atoms with Crippen LogP contribution in [0.4, 0.5) is 0 Å². The fraction of sp³-hybridized carbons (Fsp3) is 0.385. The highest BCUT2D eigenvalue weighted by Crippen LogP contribution is 2.17. The third kappa shape index (κ3) is 5.39. The van der Waals surface area contributed by atoms with E-state index in [2.05, 4.69) is 5.32 Å². The average molecular weight is 267 g/mol. The van der Waals surface area contributed by atoms with E-state index in [0.29, 0.717) is 19.6 Å². The maximum atomic E-state index is 11.4. The number of nitrogens with one attached hydrogen (secondary N) is 1. The third-order valence-corrected chi connectivity index (χ3v) is 2.32. The van der Waals surface area contributed by atoms with Crippen molar-refractivity contribution in [2.45, 2.75) is 6.42 Å². The number of hydrogen-bond acceptors (Lipinski definition) is 4. The van der Waals surface area contributed by atoms with Gasteiger partial charge in [0.1, 0.15) is 11.3 Å². The summed E-state index contributed by atoms with van der Waals surface area (Å²) in [5.41, 5.74) is 0.0367. The molecule has 0 heterocycles. The third-order valence-electron chi connectivity index (χ3n) is 2.32. The molecule has 1 amide bonds. The van der Waals surface area contributed by atoms with Crippen LogP contribution >= 0.6 is 0 Å². The number of rotatable bonds is 8. The Morgan fingerprint density at radius 2 is 2.05 bits per heavy atom. The average Bonchev–Trinajstić information content (AvgIpc) is 2.41. The SMILES string of the molecule is COCCCNC(=O)COc1ccccc1C(=O)O. The normalized spacial score (nSPS) is 9.95. The first-order chi connectivity index (χ1) is 9.15. The minimum atomic E-state index is -1.09. The zero-order chi connectivity index (χ0) is 14.1. The Kier molecular flexibility index (Phi) is 6.38. The van der Waals surface area contributed by atoms with Crippen LogP contribution in [0.1, 0.15) is 16.8 Å². The van der Waals surface area contributed by atoms with Crippen LogP contribution in [0, 0.1) is 0 Å². The Morgan fingerprint density at radius 1 is 1.32 bits per heavy atom. The van der Waals surface area contributed by atoms with E-state index >= 15 is 0 Å². The second-order valence-electron chi connectivity index (χ2n) is 3.79. The van der Waals surface area contributed by atoms with Gasteiger partial charge in [0.25, 0.3) is 5.91 Å². The van der Waals surface area contributed by atoms with Crippen LogP contribution in [0.25, 0.3) is 0 Å². The summed E-state index contributed by atoms with van der Waals surface area (Å²) < 4.78 is 10.0. The molecule has 104 valence electrons. The molecule has 0 fully saturated rings. The highest BCUT2D eigenvalue weighted by Gasteiger charge is 2.11. The second-order valence-corrected chi connectivity index (χ2v) is 3.79. The first-order valence-corrected chi connectivity index (χ1v) is 5.86. The van der Waals surface area contributed by atoms with E-state index in [1.807, 2.05) is 0 Å². The van der Waals surface area contributed by atoms with E-state index in [0.717, 1.165) is 0 Å². The van der Waals surface area contributed by atoms with E-state index in [-0.39, 0.29) is 23.8 Å². The Hall–Kier alpha value is -2.08. The van der Waals surface area contributed by atoms with Gasteiger partial charge >= 0.3 is 5.97 Å². The summed E-state index contributed by atoms with van der Waals surface area (Å²) in [5, 5.41) is 11.6. The number of carboxylic acids is 1. The van der Waals surface area contributed by atoms with Crippen molar-refractivity contribution in [2.24, 2.45) is 0 Å². The first-order valence-electron chi connectivity index (χ1n) is 5.86. The minimum Gasteiger partial charge on any atom is -0.483 e. The van der Waals surface area contributed by atoms with Crippen LogP contribution < -0.4 is 10.1 Å². The molecule has 0 atom stereocenters. The van der Waals surface area contributed by atoms with Crippen LogP contribution in [0.3, 0.4) is 0 Å². The van der Waals surface area contributed by atoms with E-state index in [4.69, 9.17) is 14.6 Å². The van der Waals surface area contributed by atoms with Gasteiger partial charge in [-0.25, -0.2) is 4.79 Å². The summed E-state index contributed by atoms with van der Waals surface area (Å²) in [6.45, 7) is 0.858. The molecule has 6 heteroatoms. The monoisotopic (exact) mass is 267 g/mol. The van der Waals surface area contributed by atoms with Crippen LogP contribution in [-0.2, 0) is 9.53 Å². The summed E-state index contributed by atoms with van der Waals surface area (Å²) in [7, 11) is 1.59. The van der Waals surface area contributed by atoms with E-state index in [9.17, 15) is 9.59 Å². The fourth-order valence-corrected chi connectivity index (χ4v) is 1.41. The number of carboxylic acid groups (broad SMARTS) is 1. The zero-order valence-corrected chi connectivity index (χ0v) is 10.7. The van der Waals surface area contributed by atoms with Gasteiger partial charge in [0.15, 0.2) is 6.61 Å². The Morgan fingerprint density at radius 3 is 2.74 bits per heavy atom. The molecule has 1 aromatic rings. The predicted molar refractivity (Wildman–Crippen MR) is 68.4 cm³/mol. The molecule has 0 aliphatic heterocycles. The number of para-hydroxylation sites is 1. The number of amides is 1. The fourth-order valence-electron chi connectivity index (χ4n) is 1.41. The number of hydrogen-bond donors (Lipinski definition) is 2. The number of carbonyl (C=O) groups is 2. The van der Waals surface area contributed by atoms with Crippen molar-refractivity contribution in [3.05, 3.63) is 29.8 Å². The van der Waals surface area contributed by atoms with E-state index in [1.165, 1.54) is 12.1 Å². The quantitative estimate of drug-likeness (QED) is 0.684. The van der Waals surface area contributed by atoms with Gasteiger partial charge in [-0.15, -0.1) is 0 Å². The lowest BCUT2D eigenvalue weighted by Gasteiger charge is -2.09. The molecule has 1 rings (SSSR count). The molecule has 6 nitrogen and oxygen atoms in total. The lowest BCUT2D eigenvalue weighted by molar-refractivity contribution is -0.123. The van der Waals surface area contributed by atoms with Gasteiger partial charge in [-0.05, 0) is 18.6 Å². The van der Waals surface area contributed by atoms with Gasteiger partial charge in [0, 0.05) is 20.3 Å². The molecule has 0 aromatic heterocycles. The molecular formula is C13H17NO5. The zero-order valence-electron chi connectivity index (χ0n) is 10.7. The lowest BCUT2D eigenvalue weighted by Crippen LogP contribution is -2.30. The van der Waals surface area contributed by atoms with Gasteiger partial charge in [0.05, 0.1) is 0 Å². The molecule has 0 saturated heterocycles. The molecule has 0 saturated carbocycles. The first kappa shape index (κ1) is 15.0. The number of benzene rings is 1. The van der Waals surface area contributed by atoms with Gasteiger partial charge in [-0.2, -0.15) is 0 Å². The number of carbonyl (C=O) groups excluding carboxylic acids is 1. The van der Waals surface area contributed by atoms with Crippen molar-refractivity contribution < 1.29 is 24.2 Å². The maximum Gasteiger partial charge on any atom is 0.339 e. The summed E-state index contributed by atoms with van der Waals surface area (Å²) >= 11 is 0. The lowest BCUT2D eigenvalue weighted by atomic mass is 10.2. The van der Waals surface area contributed by atoms with Crippen molar-refractivity contribution in [3.63, 3.8) is 0 Å². The second kappa shape index (κ2) is 8.10. The molecule has 0 aliphatic rings. The number of ether oxygens (including phenoxy) is 2. The highest BCUT2D eigenvalue weighted by molar-refractivity contribution is 5.91. The predicted octanol–water partition coefficient (Wildman–Crippen LogP) is 0.916. The summed E-state index contributed by atoms with van der Waals surface area (Å²) in [4.78, 5) is 22.4. The topological polar surface area (TPSA) is 84.9 Å². The molecule has 2 N–H and O–H groups in total. The number of aromatic carboxylic acids is 1. The number of methoxy groups -OCH3 is 1. The molecule has 1 aromatic carbocycles. The van der Waals surface area contributed by atoms with Gasteiger partial charge in [0.2, 0.25) is 0 Å². The Balaban J connectivity index is 2.40. The van der Waals surface area contributed by atoms with Gasteiger partial charge in [-0.3, -0.25) is 4.79 Å². The summed E-state index contributed by atoms with van der Waals surface area (Å²) in [6.07, 6.45) is 0.716. The molecule has 0 unspecified atom stereocenters. The highest BCUT2D eigenvalue weighted by atomic mass is 16.5. The molecule has 0 radical (unpaired) electrons. The molecule has 0 bridgehead atoms. The van der Waals surface area contributed by atoms with Crippen molar-refractivity contribution in [1.82, 2.24) is 5.32 Å². The Bertz CT molecular complexity index is 433. The molecule has 19 heavy (non-hydrogen) atoms. The largest absolute Gasteiger partial charge is 0.483 e. The Labute approximate surface area is 111 Å². The van der Waals surface area contributed by atoms with Crippen LogP contribution in [-0.4, -0.2) is 43.9 Å². The summed E-state index contributed by atoms with van der Waals surface area (Å²) in [6, 6.07) is 6.19. The standard InChI is InChI=1S/C13H17NO5/c1-18-8-4-7-14-12(15)9-19-11-6-3-2-5-10(11)13(16)17/h2-3,5-6H,4,7-9H2,1H3,(H,14,15)(H,16,17). The van der Waals surface area contributed by atoms with Crippen molar-refractivity contribution in [3.8, 4) is 5.75 Å². The van der Waals surface area contributed by atoms with Gasteiger partial charge < -0.3 is 19.9 Å². The molecule has 0 aliphatic carbocycles. The smallest absolute Gasteiger partial charge is 0.339 e. The van der Waals surface area contributed by atoms with Crippen molar-refractivity contribution in [1.29, 1.82) is 0 Å². The van der Waals surface area contributed by atoms with Crippen LogP contribution in [0.15, 0.2) is 24.3 Å². The molecular weight excluding hydrogens is 250 g/mol. The van der Waals surface area contributed by atoms with Crippen LogP contribution in [0.2, 0.25) is 0 Å². The minimum absolute atomic E-state index is 0.0367. The van der Waals surface area contributed by atoms with E-state index < -0.39 is 5.97 Å². The van der Waals surface area contributed by atoms with Crippen molar-refractivity contribution >= 4 is 11.9 Å². The van der Waals surface area contributed by atoms with E-state index in [1.54, 1.807) is 19.2 Å². The maximum absolute atomic E-state index is 11.4. The van der Waals surface area contributed by atoms with Gasteiger partial charge in [-0.1, -0.05) is 12.1 Å². The van der Waals surface area contributed by atoms with Crippen LogP contribution in [0.5, 0.6) is 5.75 Å².